The molecule has 180 valence electrons. The van der Waals surface area contributed by atoms with Crippen LogP contribution in [-0.2, 0) is 16.1 Å². The summed E-state index contributed by atoms with van der Waals surface area (Å²) >= 11 is 0. The normalized spacial score (nSPS) is 15.1. The minimum Gasteiger partial charge on any atom is -0.476 e. The molecule has 0 aliphatic heterocycles. The van der Waals surface area contributed by atoms with E-state index in [-0.39, 0.29) is 30.7 Å². The van der Waals surface area contributed by atoms with Crippen molar-refractivity contribution in [2.75, 3.05) is 19.7 Å². The van der Waals surface area contributed by atoms with Crippen LogP contribution in [0.3, 0.4) is 0 Å². The van der Waals surface area contributed by atoms with Gasteiger partial charge in [0.05, 0.1) is 11.7 Å². The third kappa shape index (κ3) is 4.62. The van der Waals surface area contributed by atoms with Crippen LogP contribution in [0.5, 0.6) is 0 Å². The number of alkyl carbamates (subject to hydrolysis) is 1. The first-order chi connectivity index (χ1) is 17.0. The fraction of sp³-hybridized carbons (Fsp3) is 0.308. The predicted molar refractivity (Wildman–Crippen MR) is 127 cm³/mol. The summed E-state index contributed by atoms with van der Waals surface area (Å²) in [6, 6.07) is 16.3. The van der Waals surface area contributed by atoms with Gasteiger partial charge in [-0.15, -0.1) is 0 Å². The smallest absolute Gasteiger partial charge is 0.407 e. The Balaban J connectivity index is 1.10. The van der Waals surface area contributed by atoms with Crippen LogP contribution in [0.25, 0.3) is 11.1 Å². The number of fused-ring (bicyclic) bond motifs is 3. The van der Waals surface area contributed by atoms with Crippen molar-refractivity contribution in [2.45, 2.75) is 25.3 Å². The van der Waals surface area contributed by atoms with Gasteiger partial charge in [0.2, 0.25) is 5.91 Å². The third-order valence-electron chi connectivity index (χ3n) is 6.76. The number of carboxylic acid groups (broad SMARTS) is 1. The highest BCUT2D eigenvalue weighted by Gasteiger charge is 2.49. The van der Waals surface area contributed by atoms with Crippen molar-refractivity contribution in [1.82, 2.24) is 20.2 Å². The first-order valence-corrected chi connectivity index (χ1v) is 11.6. The number of carbonyl (C=O) groups excluding carboxylic acids is 2. The van der Waals surface area contributed by atoms with E-state index in [1.807, 2.05) is 24.3 Å². The Kier molecular flexibility index (Phi) is 5.98. The minimum atomic E-state index is -1.09. The second-order valence-corrected chi connectivity index (χ2v) is 9.02. The molecular formula is C26H26N4O5. The number of benzene rings is 2. The fourth-order valence-corrected chi connectivity index (χ4v) is 4.60. The lowest BCUT2D eigenvalue weighted by atomic mass is 9.98. The molecule has 0 unspecified atom stereocenters. The van der Waals surface area contributed by atoms with E-state index >= 15 is 0 Å². The average Bonchev–Trinajstić information content (AvgIpc) is 3.39. The number of ether oxygens (including phenoxy) is 1. The summed E-state index contributed by atoms with van der Waals surface area (Å²) in [5.41, 5.74) is 3.97. The Bertz CT molecular complexity index is 1230. The van der Waals surface area contributed by atoms with Gasteiger partial charge in [0, 0.05) is 31.7 Å². The van der Waals surface area contributed by atoms with E-state index < -0.39 is 17.5 Å². The van der Waals surface area contributed by atoms with E-state index in [4.69, 9.17) is 9.84 Å². The number of aromatic carboxylic acids is 1. The van der Waals surface area contributed by atoms with Gasteiger partial charge in [0.1, 0.15) is 6.61 Å². The molecule has 0 atom stereocenters. The second-order valence-electron chi connectivity index (χ2n) is 9.02. The summed E-state index contributed by atoms with van der Waals surface area (Å²) in [6.45, 7) is 1.18. The highest BCUT2D eigenvalue weighted by Crippen LogP contribution is 2.46. The van der Waals surface area contributed by atoms with E-state index in [0.29, 0.717) is 25.9 Å². The number of rotatable bonds is 9. The number of nitrogens with one attached hydrogen (secondary N) is 2. The van der Waals surface area contributed by atoms with E-state index in [2.05, 4.69) is 39.9 Å². The van der Waals surface area contributed by atoms with Crippen molar-refractivity contribution in [3.8, 4) is 11.1 Å². The van der Waals surface area contributed by atoms with Crippen LogP contribution < -0.4 is 10.6 Å². The summed E-state index contributed by atoms with van der Waals surface area (Å²) in [5, 5.41) is 14.6. The molecule has 1 heterocycles. The molecule has 35 heavy (non-hydrogen) atoms. The Hall–Kier alpha value is -4.14. The molecule has 5 rings (SSSR count). The number of carbonyl (C=O) groups is 3. The largest absolute Gasteiger partial charge is 0.476 e. The lowest BCUT2D eigenvalue weighted by Crippen LogP contribution is -2.41. The van der Waals surface area contributed by atoms with Crippen LogP contribution in [-0.4, -0.2) is 52.3 Å². The quantitative estimate of drug-likeness (QED) is 0.438. The lowest BCUT2D eigenvalue weighted by Gasteiger charge is -2.18. The van der Waals surface area contributed by atoms with Crippen molar-refractivity contribution in [2.24, 2.45) is 5.41 Å². The number of amides is 2. The van der Waals surface area contributed by atoms with Gasteiger partial charge in [-0.3, -0.25) is 4.79 Å². The standard InChI is InChI=1S/C26H26N4O5/c31-23(32)22-13-30(16-29-22)12-11-27-24(33)26(9-10-26)15-28-25(34)35-14-21-19-7-3-1-5-17(19)18-6-2-4-8-20(18)21/h1-8,13,16,21H,9-12,14-15H2,(H,27,33)(H,28,34)(H,31,32). The zero-order valence-corrected chi connectivity index (χ0v) is 19.1. The molecule has 2 aliphatic rings. The van der Waals surface area contributed by atoms with E-state index in [1.165, 1.54) is 23.7 Å². The van der Waals surface area contributed by atoms with E-state index in [9.17, 15) is 14.4 Å². The summed E-state index contributed by atoms with van der Waals surface area (Å²) in [6.07, 6.45) is 3.68. The van der Waals surface area contributed by atoms with Gasteiger partial charge in [-0.05, 0) is 35.1 Å². The number of carboxylic acids is 1. The number of nitrogens with zero attached hydrogens (tertiary/aromatic N) is 2. The summed E-state index contributed by atoms with van der Waals surface area (Å²) in [5.74, 6) is -1.24. The SMILES string of the molecule is O=C(NCC1(C(=O)NCCn2cnc(C(=O)O)c2)CC1)OCC1c2ccccc2-c2ccccc21. The van der Waals surface area contributed by atoms with Crippen LogP contribution in [0.4, 0.5) is 4.79 Å². The Labute approximate surface area is 202 Å². The maximum atomic E-state index is 12.7. The second kappa shape index (κ2) is 9.25. The van der Waals surface area contributed by atoms with Crippen LogP contribution in [0.2, 0.25) is 0 Å². The summed E-state index contributed by atoms with van der Waals surface area (Å²) < 4.78 is 7.17. The van der Waals surface area contributed by atoms with Crippen LogP contribution in [0.15, 0.2) is 61.1 Å². The van der Waals surface area contributed by atoms with Gasteiger partial charge in [0.15, 0.2) is 5.69 Å². The van der Waals surface area contributed by atoms with Gasteiger partial charge in [0.25, 0.3) is 0 Å². The van der Waals surface area contributed by atoms with Gasteiger partial charge in [-0.1, -0.05) is 48.5 Å². The Morgan fingerprint density at radius 3 is 2.29 bits per heavy atom. The van der Waals surface area contributed by atoms with Gasteiger partial charge < -0.3 is 25.0 Å². The van der Waals surface area contributed by atoms with Crippen molar-refractivity contribution in [1.29, 1.82) is 0 Å². The van der Waals surface area contributed by atoms with Crippen LogP contribution in [0, 0.1) is 5.41 Å². The summed E-state index contributed by atoms with van der Waals surface area (Å²) in [7, 11) is 0. The lowest BCUT2D eigenvalue weighted by molar-refractivity contribution is -0.126. The van der Waals surface area contributed by atoms with Crippen LogP contribution >= 0.6 is 0 Å². The van der Waals surface area contributed by atoms with Crippen molar-refractivity contribution in [3.63, 3.8) is 0 Å². The Morgan fingerprint density at radius 1 is 1.03 bits per heavy atom. The number of imidazole rings is 1. The number of hydrogen-bond donors (Lipinski definition) is 3. The van der Waals surface area contributed by atoms with Crippen LogP contribution in [0.1, 0.15) is 40.4 Å². The molecule has 3 N–H and O–H groups in total. The van der Waals surface area contributed by atoms with E-state index in [0.717, 1.165) is 11.1 Å². The van der Waals surface area contributed by atoms with Crippen molar-refractivity contribution < 1.29 is 24.2 Å². The average molecular weight is 475 g/mol. The molecular weight excluding hydrogens is 448 g/mol. The molecule has 0 spiro atoms. The highest BCUT2D eigenvalue weighted by atomic mass is 16.5. The molecule has 1 aromatic heterocycles. The molecule has 9 heteroatoms. The van der Waals surface area contributed by atoms with E-state index in [1.54, 1.807) is 4.57 Å². The third-order valence-corrected chi connectivity index (χ3v) is 6.76. The molecule has 3 aromatic rings. The Morgan fingerprint density at radius 2 is 1.69 bits per heavy atom. The zero-order chi connectivity index (χ0) is 24.4. The molecule has 2 aliphatic carbocycles. The number of aromatic nitrogens is 2. The first-order valence-electron chi connectivity index (χ1n) is 11.6. The molecule has 1 saturated carbocycles. The summed E-state index contributed by atoms with van der Waals surface area (Å²) in [4.78, 5) is 39.8. The molecule has 0 bridgehead atoms. The minimum absolute atomic E-state index is 0.0175. The molecule has 0 saturated heterocycles. The highest BCUT2D eigenvalue weighted by molar-refractivity contribution is 5.86. The van der Waals surface area contributed by atoms with Gasteiger partial charge in [-0.25, -0.2) is 14.6 Å². The maximum absolute atomic E-state index is 12.7. The molecule has 0 radical (unpaired) electrons. The van der Waals surface area contributed by atoms with Crippen molar-refractivity contribution >= 4 is 18.0 Å². The van der Waals surface area contributed by atoms with Crippen molar-refractivity contribution in [3.05, 3.63) is 77.9 Å². The number of hydrogen-bond acceptors (Lipinski definition) is 5. The van der Waals surface area contributed by atoms with Gasteiger partial charge >= 0.3 is 12.1 Å². The first kappa shape index (κ1) is 22.6. The molecule has 1 fully saturated rings. The molecule has 2 aromatic carbocycles. The molecule has 9 nitrogen and oxygen atoms in total. The fourth-order valence-electron chi connectivity index (χ4n) is 4.60. The topological polar surface area (TPSA) is 123 Å². The molecule has 2 amide bonds. The zero-order valence-electron chi connectivity index (χ0n) is 19.1. The van der Waals surface area contributed by atoms with Gasteiger partial charge in [-0.2, -0.15) is 0 Å². The predicted octanol–water partition coefficient (Wildman–Crippen LogP) is 3.02. The maximum Gasteiger partial charge on any atom is 0.407 e. The monoisotopic (exact) mass is 474 g/mol.